The van der Waals surface area contributed by atoms with Crippen LogP contribution in [0.2, 0.25) is 0 Å². The Morgan fingerprint density at radius 1 is 1.22 bits per heavy atom. The number of carboxylic acid groups (broad SMARTS) is 1. The summed E-state index contributed by atoms with van der Waals surface area (Å²) < 4.78 is 0. The minimum atomic E-state index is -0.736. The van der Waals surface area contributed by atoms with Gasteiger partial charge >= 0.3 is 5.97 Å². The van der Waals surface area contributed by atoms with Gasteiger partial charge in [0.15, 0.2) is 0 Å². The largest absolute Gasteiger partial charge is 0.481 e. The van der Waals surface area contributed by atoms with Crippen LogP contribution in [-0.4, -0.2) is 23.1 Å². The number of Topliss-reactive ketones (excluding diaryl/α,β-unsaturated/α-hetero) is 1. The molecule has 0 amide bonds. The van der Waals surface area contributed by atoms with Crippen LogP contribution in [0.4, 0.5) is 0 Å². The molecule has 1 aliphatic rings. The van der Waals surface area contributed by atoms with Gasteiger partial charge in [-0.05, 0) is 19.3 Å². The van der Waals surface area contributed by atoms with Gasteiger partial charge in [0, 0.05) is 24.7 Å². The van der Waals surface area contributed by atoms with E-state index in [1.165, 1.54) is 0 Å². The van der Waals surface area contributed by atoms with Crippen molar-refractivity contribution in [1.29, 1.82) is 0 Å². The second-order valence-corrected chi connectivity index (χ2v) is 5.11. The molecule has 0 heterocycles. The SMILES string of the molecule is O=CC1CCC(=O)C1CCCCCCCC(=O)O. The van der Waals surface area contributed by atoms with E-state index in [1.54, 1.807) is 0 Å². The monoisotopic (exact) mass is 254 g/mol. The van der Waals surface area contributed by atoms with E-state index in [1.807, 2.05) is 0 Å². The van der Waals surface area contributed by atoms with Gasteiger partial charge in [0.25, 0.3) is 0 Å². The Balaban J connectivity index is 2.05. The molecule has 0 spiro atoms. The predicted octanol–water partition coefficient (Wildman–Crippen LogP) is 2.60. The van der Waals surface area contributed by atoms with Crippen LogP contribution >= 0.6 is 0 Å². The Labute approximate surface area is 108 Å². The zero-order valence-corrected chi connectivity index (χ0v) is 10.8. The first-order valence-corrected chi connectivity index (χ1v) is 6.85. The summed E-state index contributed by atoms with van der Waals surface area (Å²) in [5, 5.41) is 8.47. The van der Waals surface area contributed by atoms with Crippen molar-refractivity contribution < 1.29 is 19.5 Å². The normalized spacial score (nSPS) is 23.2. The van der Waals surface area contributed by atoms with E-state index >= 15 is 0 Å². The summed E-state index contributed by atoms with van der Waals surface area (Å²) >= 11 is 0. The summed E-state index contributed by atoms with van der Waals surface area (Å²) in [6, 6.07) is 0. The topological polar surface area (TPSA) is 71.4 Å². The van der Waals surface area contributed by atoms with Gasteiger partial charge in [-0.3, -0.25) is 9.59 Å². The number of carbonyl (C=O) groups excluding carboxylic acids is 2. The van der Waals surface area contributed by atoms with Crippen molar-refractivity contribution in [2.24, 2.45) is 11.8 Å². The predicted molar refractivity (Wildman–Crippen MR) is 67.2 cm³/mol. The Morgan fingerprint density at radius 2 is 1.89 bits per heavy atom. The molecule has 2 atom stereocenters. The maximum atomic E-state index is 11.6. The average Bonchev–Trinajstić information content (AvgIpc) is 2.69. The minimum Gasteiger partial charge on any atom is -0.481 e. The molecule has 0 radical (unpaired) electrons. The van der Waals surface area contributed by atoms with Crippen molar-refractivity contribution in [1.82, 2.24) is 0 Å². The van der Waals surface area contributed by atoms with Gasteiger partial charge in [-0.25, -0.2) is 0 Å². The number of hydrogen-bond donors (Lipinski definition) is 1. The average molecular weight is 254 g/mol. The number of carboxylic acids is 1. The first-order chi connectivity index (χ1) is 8.65. The van der Waals surface area contributed by atoms with Crippen LogP contribution in [0.15, 0.2) is 0 Å². The van der Waals surface area contributed by atoms with E-state index in [0.717, 1.165) is 51.2 Å². The van der Waals surface area contributed by atoms with Crippen LogP contribution in [0.3, 0.4) is 0 Å². The van der Waals surface area contributed by atoms with E-state index in [-0.39, 0.29) is 24.0 Å². The molecule has 4 heteroatoms. The fraction of sp³-hybridized carbons (Fsp3) is 0.786. The molecule has 1 saturated carbocycles. The van der Waals surface area contributed by atoms with E-state index in [9.17, 15) is 14.4 Å². The smallest absolute Gasteiger partial charge is 0.303 e. The molecule has 0 aliphatic heterocycles. The zero-order chi connectivity index (χ0) is 13.4. The van der Waals surface area contributed by atoms with Gasteiger partial charge in [-0.15, -0.1) is 0 Å². The molecule has 102 valence electrons. The fourth-order valence-corrected chi connectivity index (χ4v) is 2.64. The van der Waals surface area contributed by atoms with Crippen LogP contribution in [0.1, 0.15) is 57.8 Å². The van der Waals surface area contributed by atoms with Crippen LogP contribution in [-0.2, 0) is 14.4 Å². The van der Waals surface area contributed by atoms with Crippen LogP contribution < -0.4 is 0 Å². The molecule has 0 saturated heterocycles. The molecule has 0 aromatic heterocycles. The van der Waals surface area contributed by atoms with Crippen molar-refractivity contribution in [3.8, 4) is 0 Å². The van der Waals surface area contributed by atoms with Gasteiger partial charge < -0.3 is 9.90 Å². The van der Waals surface area contributed by atoms with Gasteiger partial charge in [0.1, 0.15) is 12.1 Å². The van der Waals surface area contributed by atoms with Gasteiger partial charge in [0.05, 0.1) is 0 Å². The summed E-state index contributed by atoms with van der Waals surface area (Å²) in [4.78, 5) is 32.7. The summed E-state index contributed by atoms with van der Waals surface area (Å²) in [5.74, 6) is -0.579. The van der Waals surface area contributed by atoms with Crippen molar-refractivity contribution in [3.63, 3.8) is 0 Å². The second kappa shape index (κ2) is 8.01. The Bertz CT molecular complexity index is 298. The summed E-state index contributed by atoms with van der Waals surface area (Å²) in [5.41, 5.74) is 0. The lowest BCUT2D eigenvalue weighted by Crippen LogP contribution is -2.15. The summed E-state index contributed by atoms with van der Waals surface area (Å²) in [7, 11) is 0. The number of carbonyl (C=O) groups is 3. The molecule has 1 fully saturated rings. The van der Waals surface area contributed by atoms with Crippen molar-refractivity contribution >= 4 is 18.0 Å². The number of aliphatic carboxylic acids is 1. The number of rotatable bonds is 9. The highest BCUT2D eigenvalue weighted by molar-refractivity contribution is 5.86. The lowest BCUT2D eigenvalue weighted by atomic mass is 9.91. The summed E-state index contributed by atoms with van der Waals surface area (Å²) in [6.45, 7) is 0. The molecule has 18 heavy (non-hydrogen) atoms. The number of hydrogen-bond acceptors (Lipinski definition) is 3. The third-order valence-corrected chi connectivity index (χ3v) is 3.74. The first-order valence-electron chi connectivity index (χ1n) is 6.85. The molecular weight excluding hydrogens is 232 g/mol. The van der Waals surface area contributed by atoms with E-state index in [4.69, 9.17) is 5.11 Å². The molecule has 0 bridgehead atoms. The van der Waals surface area contributed by atoms with Crippen LogP contribution in [0, 0.1) is 11.8 Å². The van der Waals surface area contributed by atoms with E-state index in [0.29, 0.717) is 6.42 Å². The van der Waals surface area contributed by atoms with Crippen LogP contribution in [0.25, 0.3) is 0 Å². The van der Waals surface area contributed by atoms with Gasteiger partial charge in [-0.1, -0.05) is 25.7 Å². The minimum absolute atomic E-state index is 0.0403. The number of ketones is 1. The molecular formula is C14H22O4. The van der Waals surface area contributed by atoms with Crippen LogP contribution in [0.5, 0.6) is 0 Å². The van der Waals surface area contributed by atoms with Gasteiger partial charge in [0.2, 0.25) is 0 Å². The summed E-state index contributed by atoms with van der Waals surface area (Å²) in [6.07, 6.45) is 7.95. The number of aldehydes is 1. The third kappa shape index (κ3) is 4.98. The molecule has 2 unspecified atom stereocenters. The maximum Gasteiger partial charge on any atom is 0.303 e. The Kier molecular flexibility index (Phi) is 6.61. The van der Waals surface area contributed by atoms with Crippen molar-refractivity contribution in [3.05, 3.63) is 0 Å². The lowest BCUT2D eigenvalue weighted by molar-refractivity contribution is -0.137. The second-order valence-electron chi connectivity index (χ2n) is 5.11. The maximum absolute atomic E-state index is 11.6. The van der Waals surface area contributed by atoms with Crippen molar-refractivity contribution in [2.45, 2.75) is 57.8 Å². The van der Waals surface area contributed by atoms with E-state index < -0.39 is 5.97 Å². The molecule has 1 N–H and O–H groups in total. The molecule has 1 rings (SSSR count). The highest BCUT2D eigenvalue weighted by Crippen LogP contribution is 2.31. The zero-order valence-electron chi connectivity index (χ0n) is 10.8. The van der Waals surface area contributed by atoms with Crippen molar-refractivity contribution in [2.75, 3.05) is 0 Å². The van der Waals surface area contributed by atoms with E-state index in [2.05, 4.69) is 0 Å². The Hall–Kier alpha value is -1.19. The standard InChI is InChI=1S/C14H22O4/c15-10-11-8-9-13(16)12(11)6-4-2-1-3-5-7-14(17)18/h10-12H,1-9H2,(H,17,18). The molecule has 4 nitrogen and oxygen atoms in total. The molecule has 1 aliphatic carbocycles. The lowest BCUT2D eigenvalue weighted by Gasteiger charge is -2.12. The third-order valence-electron chi connectivity index (χ3n) is 3.74. The first kappa shape index (κ1) is 14.9. The van der Waals surface area contributed by atoms with Gasteiger partial charge in [-0.2, -0.15) is 0 Å². The fourth-order valence-electron chi connectivity index (χ4n) is 2.64. The highest BCUT2D eigenvalue weighted by atomic mass is 16.4. The number of unbranched alkanes of at least 4 members (excludes halogenated alkanes) is 4. The molecule has 0 aromatic rings. The highest BCUT2D eigenvalue weighted by Gasteiger charge is 2.33. The molecule has 0 aromatic carbocycles. The Morgan fingerprint density at radius 3 is 2.56 bits per heavy atom. The quantitative estimate of drug-likeness (QED) is 0.507.